The van der Waals surface area contributed by atoms with Gasteiger partial charge in [0.25, 0.3) is 0 Å². The highest BCUT2D eigenvalue weighted by Crippen LogP contribution is 2.16. The molecule has 0 bridgehead atoms. The van der Waals surface area contributed by atoms with Gasteiger partial charge >= 0.3 is 0 Å². The molecule has 3 nitrogen and oxygen atoms in total. The van der Waals surface area contributed by atoms with Crippen molar-refractivity contribution >= 4 is 0 Å². The number of likely N-dealkylation sites (N-methyl/N-ethyl adjacent to an activating group) is 1. The van der Waals surface area contributed by atoms with Gasteiger partial charge in [0, 0.05) is 25.7 Å². The third-order valence-corrected chi connectivity index (χ3v) is 3.98. The number of rotatable bonds is 5. The van der Waals surface area contributed by atoms with Crippen LogP contribution in [0.25, 0.3) is 0 Å². The van der Waals surface area contributed by atoms with Gasteiger partial charge in [0.15, 0.2) is 0 Å². The van der Waals surface area contributed by atoms with Gasteiger partial charge in [0.2, 0.25) is 0 Å². The van der Waals surface area contributed by atoms with Gasteiger partial charge in [0.05, 0.1) is 12.7 Å². The monoisotopic (exact) mass is 262 g/mol. The van der Waals surface area contributed by atoms with Gasteiger partial charge < -0.3 is 10.1 Å². The van der Waals surface area contributed by atoms with Crippen LogP contribution in [0, 0.1) is 6.92 Å². The van der Waals surface area contributed by atoms with Gasteiger partial charge in [0.1, 0.15) is 0 Å². The zero-order valence-corrected chi connectivity index (χ0v) is 12.4. The molecule has 106 valence electrons. The second kappa shape index (κ2) is 7.04. The van der Waals surface area contributed by atoms with E-state index in [0.717, 1.165) is 32.8 Å². The van der Waals surface area contributed by atoms with Crippen molar-refractivity contribution in [1.29, 1.82) is 0 Å². The molecule has 1 aromatic rings. The molecule has 0 saturated carbocycles. The van der Waals surface area contributed by atoms with Crippen LogP contribution < -0.4 is 5.32 Å². The Hall–Kier alpha value is -0.900. The van der Waals surface area contributed by atoms with E-state index in [1.165, 1.54) is 11.1 Å². The summed E-state index contributed by atoms with van der Waals surface area (Å²) < 4.78 is 5.82. The molecule has 19 heavy (non-hydrogen) atoms. The lowest BCUT2D eigenvalue weighted by Crippen LogP contribution is -2.46. The summed E-state index contributed by atoms with van der Waals surface area (Å²) in [4.78, 5) is 2.45. The average Bonchev–Trinajstić information content (AvgIpc) is 2.45. The molecule has 1 aliphatic rings. The number of hydrogen-bond donors (Lipinski definition) is 1. The number of nitrogens with zero attached hydrogens (tertiary/aromatic N) is 1. The molecular formula is C16H26N2O. The van der Waals surface area contributed by atoms with E-state index in [4.69, 9.17) is 4.74 Å². The fourth-order valence-corrected chi connectivity index (χ4v) is 2.68. The first-order chi connectivity index (χ1) is 9.20. The lowest BCUT2D eigenvalue weighted by atomic mass is 10.0. The smallest absolute Gasteiger partial charge is 0.0826 e. The maximum Gasteiger partial charge on any atom is 0.0826 e. The third kappa shape index (κ3) is 4.03. The maximum atomic E-state index is 5.82. The average molecular weight is 262 g/mol. The molecule has 2 rings (SSSR count). The van der Waals surface area contributed by atoms with Gasteiger partial charge in [-0.3, -0.25) is 4.90 Å². The van der Waals surface area contributed by atoms with Crippen LogP contribution in [-0.2, 0) is 4.74 Å². The second-order valence-corrected chi connectivity index (χ2v) is 5.37. The van der Waals surface area contributed by atoms with Crippen LogP contribution in [0.2, 0.25) is 0 Å². The van der Waals surface area contributed by atoms with Gasteiger partial charge in [-0.25, -0.2) is 0 Å². The molecule has 0 radical (unpaired) electrons. The zero-order valence-electron chi connectivity index (χ0n) is 12.4. The van der Waals surface area contributed by atoms with Gasteiger partial charge in [-0.2, -0.15) is 0 Å². The van der Waals surface area contributed by atoms with Crippen molar-refractivity contribution in [3.8, 4) is 0 Å². The minimum absolute atomic E-state index is 0.320. The molecule has 1 aliphatic heterocycles. The Kier molecular flexibility index (Phi) is 5.37. The molecule has 1 N–H and O–H groups in total. The maximum absolute atomic E-state index is 5.82. The van der Waals surface area contributed by atoms with E-state index in [-0.39, 0.29) is 0 Å². The summed E-state index contributed by atoms with van der Waals surface area (Å²) in [7, 11) is 0. The molecule has 0 aromatic heterocycles. The molecule has 2 unspecified atom stereocenters. The molecule has 1 fully saturated rings. The van der Waals surface area contributed by atoms with Crippen molar-refractivity contribution in [2.45, 2.75) is 32.9 Å². The summed E-state index contributed by atoms with van der Waals surface area (Å²) in [6.07, 6.45) is 0.320. The summed E-state index contributed by atoms with van der Waals surface area (Å²) in [6, 6.07) is 8.95. The van der Waals surface area contributed by atoms with Crippen LogP contribution in [0.4, 0.5) is 0 Å². The number of hydrogen-bond acceptors (Lipinski definition) is 3. The van der Waals surface area contributed by atoms with Crippen molar-refractivity contribution in [3.05, 3.63) is 35.4 Å². The fourth-order valence-electron chi connectivity index (χ4n) is 2.68. The predicted octanol–water partition coefficient (Wildman–Crippen LogP) is 2.37. The summed E-state index contributed by atoms with van der Waals surface area (Å²) in [5.41, 5.74) is 2.73. The standard InChI is InChI=1S/C16H26N2O/c1-4-18-9-10-19-15(12-18)11-17-14(3)16-8-6-5-7-13(16)2/h5-8,14-15,17H,4,9-12H2,1-3H3. The SMILES string of the molecule is CCN1CCOC(CNC(C)c2ccccc2C)C1. The highest BCUT2D eigenvalue weighted by molar-refractivity contribution is 5.28. The van der Waals surface area contributed by atoms with Crippen molar-refractivity contribution in [2.75, 3.05) is 32.8 Å². The number of benzene rings is 1. The van der Waals surface area contributed by atoms with Crippen LogP contribution in [0.15, 0.2) is 24.3 Å². The van der Waals surface area contributed by atoms with Crippen molar-refractivity contribution in [2.24, 2.45) is 0 Å². The minimum atomic E-state index is 0.320. The Labute approximate surface area is 116 Å². The first-order valence-corrected chi connectivity index (χ1v) is 7.33. The first-order valence-electron chi connectivity index (χ1n) is 7.33. The normalized spacial score (nSPS) is 22.4. The van der Waals surface area contributed by atoms with Crippen LogP contribution in [-0.4, -0.2) is 43.8 Å². The van der Waals surface area contributed by atoms with Crippen molar-refractivity contribution < 1.29 is 4.74 Å². The number of aryl methyl sites for hydroxylation is 1. The van der Waals surface area contributed by atoms with E-state index in [1.54, 1.807) is 0 Å². The Morgan fingerprint density at radius 3 is 2.95 bits per heavy atom. The highest BCUT2D eigenvalue weighted by atomic mass is 16.5. The Morgan fingerprint density at radius 1 is 1.42 bits per heavy atom. The van der Waals surface area contributed by atoms with Crippen LogP contribution in [0.5, 0.6) is 0 Å². The second-order valence-electron chi connectivity index (χ2n) is 5.37. The largest absolute Gasteiger partial charge is 0.374 e. The van der Waals surface area contributed by atoms with Gasteiger partial charge in [-0.05, 0) is 31.5 Å². The third-order valence-electron chi connectivity index (χ3n) is 3.98. The summed E-state index contributed by atoms with van der Waals surface area (Å²) >= 11 is 0. The lowest BCUT2D eigenvalue weighted by Gasteiger charge is -2.33. The van der Waals surface area contributed by atoms with Crippen molar-refractivity contribution in [3.63, 3.8) is 0 Å². The summed E-state index contributed by atoms with van der Waals surface area (Å²) in [6.45, 7) is 11.6. The summed E-state index contributed by atoms with van der Waals surface area (Å²) in [5, 5.41) is 3.60. The van der Waals surface area contributed by atoms with E-state index in [9.17, 15) is 0 Å². The number of morpholine rings is 1. The van der Waals surface area contributed by atoms with Crippen LogP contribution in [0.1, 0.15) is 31.0 Å². The molecule has 0 spiro atoms. The molecule has 1 saturated heterocycles. The van der Waals surface area contributed by atoms with Crippen LogP contribution in [0.3, 0.4) is 0 Å². The summed E-state index contributed by atoms with van der Waals surface area (Å²) in [5.74, 6) is 0. The molecule has 2 atom stereocenters. The lowest BCUT2D eigenvalue weighted by molar-refractivity contribution is -0.0262. The topological polar surface area (TPSA) is 24.5 Å². The number of nitrogens with one attached hydrogen (secondary N) is 1. The fraction of sp³-hybridized carbons (Fsp3) is 0.625. The van der Waals surface area contributed by atoms with Gasteiger partial charge in [-0.1, -0.05) is 31.2 Å². The Balaban J connectivity index is 1.83. The molecule has 0 amide bonds. The van der Waals surface area contributed by atoms with E-state index >= 15 is 0 Å². The molecule has 0 aliphatic carbocycles. The molecule has 1 aromatic carbocycles. The van der Waals surface area contributed by atoms with Gasteiger partial charge in [-0.15, -0.1) is 0 Å². The molecule has 3 heteroatoms. The minimum Gasteiger partial charge on any atom is -0.374 e. The van der Waals surface area contributed by atoms with E-state index in [2.05, 4.69) is 55.3 Å². The predicted molar refractivity (Wildman–Crippen MR) is 79.5 cm³/mol. The quantitative estimate of drug-likeness (QED) is 0.881. The van der Waals surface area contributed by atoms with Crippen LogP contribution >= 0.6 is 0 Å². The molecular weight excluding hydrogens is 236 g/mol. The molecule has 1 heterocycles. The number of ether oxygens (including phenoxy) is 1. The zero-order chi connectivity index (χ0) is 13.7. The van der Waals surface area contributed by atoms with E-state index < -0.39 is 0 Å². The van der Waals surface area contributed by atoms with E-state index in [0.29, 0.717) is 12.1 Å². The first kappa shape index (κ1) is 14.5. The Bertz CT molecular complexity index is 394. The van der Waals surface area contributed by atoms with E-state index in [1.807, 2.05) is 0 Å². The Morgan fingerprint density at radius 2 is 2.21 bits per heavy atom. The van der Waals surface area contributed by atoms with Crippen molar-refractivity contribution in [1.82, 2.24) is 10.2 Å². The highest BCUT2D eigenvalue weighted by Gasteiger charge is 2.19.